The molecule has 63 heavy (non-hydrogen) atoms. The highest BCUT2D eigenvalue weighted by Gasteiger charge is 2.21. The third kappa shape index (κ3) is 7.15. The van der Waals surface area contributed by atoms with Gasteiger partial charge in [-0.05, 0) is 66.9 Å². The third-order valence-corrected chi connectivity index (χ3v) is 11.8. The second kappa shape index (κ2) is 16.0. The van der Waals surface area contributed by atoms with Gasteiger partial charge in [0.05, 0.1) is 39.5 Å². The smallest absolute Gasteiger partial charge is 0.162 e. The molecule has 0 N–H and O–H groups in total. The SMILES string of the molecule is Cc1ccc(-c2ccc3c4ccccc4n(-c4ccc(-c5cc(-c6ccccc6)nc(-c6ccccc6)n5)cc4-c4nc(-c5ccccc5)cc(-c5ccccc5)n4)c3c2)c(C)c1. The molecule has 5 heteroatoms. The molecule has 8 aromatic carbocycles. The first-order valence-corrected chi connectivity index (χ1v) is 21.3. The van der Waals surface area contributed by atoms with Crippen molar-refractivity contribution >= 4 is 21.8 Å². The zero-order valence-electron chi connectivity index (χ0n) is 34.9. The number of nitrogens with zero attached hydrogens (tertiary/aromatic N) is 5. The maximum Gasteiger partial charge on any atom is 0.162 e. The van der Waals surface area contributed by atoms with Gasteiger partial charge in [-0.3, -0.25) is 0 Å². The Bertz CT molecular complexity index is 3340. The first-order chi connectivity index (χ1) is 31.0. The van der Waals surface area contributed by atoms with Crippen LogP contribution in [-0.2, 0) is 0 Å². The summed E-state index contributed by atoms with van der Waals surface area (Å²) in [7, 11) is 0. The Kier molecular flexibility index (Phi) is 9.55. The van der Waals surface area contributed by atoms with Crippen LogP contribution in [0.1, 0.15) is 11.1 Å². The fourth-order valence-electron chi connectivity index (χ4n) is 8.75. The Labute approximate surface area is 366 Å². The molecule has 298 valence electrons. The van der Waals surface area contributed by atoms with Gasteiger partial charge < -0.3 is 4.57 Å². The number of para-hydroxylation sites is 1. The zero-order chi connectivity index (χ0) is 42.3. The molecule has 3 heterocycles. The highest BCUT2D eigenvalue weighted by molar-refractivity contribution is 6.11. The molecule has 0 aliphatic heterocycles. The molecule has 5 nitrogen and oxygen atoms in total. The van der Waals surface area contributed by atoms with E-state index in [2.05, 4.69) is 182 Å². The summed E-state index contributed by atoms with van der Waals surface area (Å²) in [6.45, 7) is 4.34. The summed E-state index contributed by atoms with van der Waals surface area (Å²) in [6.07, 6.45) is 0. The van der Waals surface area contributed by atoms with Gasteiger partial charge in [0, 0.05) is 44.2 Å². The van der Waals surface area contributed by atoms with Gasteiger partial charge in [0.15, 0.2) is 11.6 Å². The van der Waals surface area contributed by atoms with Crippen LogP contribution in [0.5, 0.6) is 0 Å². The van der Waals surface area contributed by atoms with E-state index in [-0.39, 0.29) is 0 Å². The van der Waals surface area contributed by atoms with Crippen LogP contribution in [0, 0.1) is 13.8 Å². The van der Waals surface area contributed by atoms with E-state index in [1.807, 2.05) is 48.5 Å². The molecule has 0 spiro atoms. The number of benzene rings is 8. The first-order valence-electron chi connectivity index (χ1n) is 21.3. The van der Waals surface area contributed by atoms with E-state index in [0.717, 1.165) is 72.9 Å². The lowest BCUT2D eigenvalue weighted by molar-refractivity contribution is 1.13. The molecule has 0 aliphatic carbocycles. The van der Waals surface area contributed by atoms with Gasteiger partial charge in [-0.25, -0.2) is 19.9 Å². The summed E-state index contributed by atoms with van der Waals surface area (Å²) < 4.78 is 2.39. The summed E-state index contributed by atoms with van der Waals surface area (Å²) in [5.41, 5.74) is 17.2. The lowest BCUT2D eigenvalue weighted by Crippen LogP contribution is -2.03. The number of rotatable bonds is 8. The number of hydrogen-bond donors (Lipinski definition) is 0. The number of fused-ring (bicyclic) bond motifs is 3. The molecule has 0 saturated carbocycles. The quantitative estimate of drug-likeness (QED) is 0.153. The second-order valence-electron chi connectivity index (χ2n) is 16.0. The van der Waals surface area contributed by atoms with E-state index in [9.17, 15) is 0 Å². The second-order valence-corrected chi connectivity index (χ2v) is 16.0. The molecule has 11 aromatic rings. The van der Waals surface area contributed by atoms with Crippen molar-refractivity contribution < 1.29 is 0 Å². The van der Waals surface area contributed by atoms with Crippen molar-refractivity contribution in [2.75, 3.05) is 0 Å². The van der Waals surface area contributed by atoms with E-state index in [1.54, 1.807) is 0 Å². The molecule has 0 amide bonds. The Balaban J connectivity index is 1.21. The molecule has 0 unspecified atom stereocenters. The highest BCUT2D eigenvalue weighted by Crippen LogP contribution is 2.41. The third-order valence-electron chi connectivity index (χ3n) is 11.8. The normalized spacial score (nSPS) is 11.3. The topological polar surface area (TPSA) is 56.5 Å². The molecule has 0 atom stereocenters. The maximum absolute atomic E-state index is 5.42. The van der Waals surface area contributed by atoms with E-state index >= 15 is 0 Å². The number of aromatic nitrogens is 5. The molecule has 11 rings (SSSR count). The van der Waals surface area contributed by atoms with Gasteiger partial charge in [-0.15, -0.1) is 0 Å². The fraction of sp³-hybridized carbons (Fsp3) is 0.0345. The Hall–Kier alpha value is -8.28. The Morgan fingerprint density at radius 2 is 0.810 bits per heavy atom. The molecular formula is C58H41N5. The van der Waals surface area contributed by atoms with Gasteiger partial charge in [0.25, 0.3) is 0 Å². The Morgan fingerprint density at radius 1 is 0.317 bits per heavy atom. The van der Waals surface area contributed by atoms with Crippen molar-refractivity contribution in [2.24, 2.45) is 0 Å². The largest absolute Gasteiger partial charge is 0.308 e. The molecule has 0 saturated heterocycles. The summed E-state index contributed by atoms with van der Waals surface area (Å²) in [4.78, 5) is 21.2. The minimum Gasteiger partial charge on any atom is -0.308 e. The van der Waals surface area contributed by atoms with Crippen LogP contribution in [0.15, 0.2) is 212 Å². The van der Waals surface area contributed by atoms with Crippen molar-refractivity contribution in [2.45, 2.75) is 13.8 Å². The first kappa shape index (κ1) is 37.7. The standard InChI is InChI=1S/C58H41N5/c1-38-27-30-46(39(2)33-38)44-28-31-48-47-25-15-16-26-54(47)63(56(48)35-44)55-32-29-45(53-37-50(40-17-7-3-8-18-40)59-57(60-53)43-23-13-6-14-24-43)34-49(55)58-61-51(41-19-9-4-10-20-41)36-52(62-58)42-21-11-5-12-22-42/h3-37H,1-2H3. The lowest BCUT2D eigenvalue weighted by Gasteiger charge is -2.17. The summed E-state index contributed by atoms with van der Waals surface area (Å²) >= 11 is 0. The number of aryl methyl sites for hydroxylation is 2. The monoisotopic (exact) mass is 807 g/mol. The van der Waals surface area contributed by atoms with Gasteiger partial charge in [0.2, 0.25) is 0 Å². The molecule has 0 bridgehead atoms. The van der Waals surface area contributed by atoms with Crippen molar-refractivity contribution in [3.8, 4) is 84.6 Å². The fourth-order valence-corrected chi connectivity index (χ4v) is 8.75. The van der Waals surface area contributed by atoms with Crippen LogP contribution < -0.4 is 0 Å². The highest BCUT2D eigenvalue weighted by atomic mass is 15.0. The van der Waals surface area contributed by atoms with E-state index in [1.165, 1.54) is 33.0 Å². The summed E-state index contributed by atoms with van der Waals surface area (Å²) in [5.74, 6) is 1.27. The van der Waals surface area contributed by atoms with Crippen LogP contribution in [0.25, 0.3) is 106 Å². The van der Waals surface area contributed by atoms with Crippen molar-refractivity contribution in [3.05, 3.63) is 223 Å². The average Bonchev–Trinajstić information content (AvgIpc) is 3.68. The van der Waals surface area contributed by atoms with Crippen LogP contribution in [-0.4, -0.2) is 24.5 Å². The maximum atomic E-state index is 5.42. The molecule has 3 aromatic heterocycles. The van der Waals surface area contributed by atoms with Gasteiger partial charge in [-0.1, -0.05) is 181 Å². The van der Waals surface area contributed by atoms with Crippen molar-refractivity contribution in [3.63, 3.8) is 0 Å². The van der Waals surface area contributed by atoms with Crippen LogP contribution in [0.2, 0.25) is 0 Å². The molecule has 0 fully saturated rings. The van der Waals surface area contributed by atoms with Crippen molar-refractivity contribution in [1.82, 2.24) is 24.5 Å². The van der Waals surface area contributed by atoms with E-state index in [0.29, 0.717) is 11.6 Å². The molecule has 0 aliphatic rings. The van der Waals surface area contributed by atoms with Gasteiger partial charge >= 0.3 is 0 Å². The van der Waals surface area contributed by atoms with Crippen LogP contribution >= 0.6 is 0 Å². The number of hydrogen-bond acceptors (Lipinski definition) is 4. The average molecular weight is 808 g/mol. The molecule has 0 radical (unpaired) electrons. The van der Waals surface area contributed by atoms with Crippen molar-refractivity contribution in [1.29, 1.82) is 0 Å². The predicted molar refractivity (Wildman–Crippen MR) is 259 cm³/mol. The minimum absolute atomic E-state index is 0.615. The lowest BCUT2D eigenvalue weighted by atomic mass is 9.97. The zero-order valence-corrected chi connectivity index (χ0v) is 34.9. The summed E-state index contributed by atoms with van der Waals surface area (Å²) in [5, 5.41) is 2.35. The minimum atomic E-state index is 0.615. The molecular weight excluding hydrogens is 767 g/mol. The Morgan fingerprint density at radius 3 is 1.40 bits per heavy atom. The summed E-state index contributed by atoms with van der Waals surface area (Å²) in [6, 6.07) is 74.3. The van der Waals surface area contributed by atoms with E-state index < -0.39 is 0 Å². The van der Waals surface area contributed by atoms with Crippen LogP contribution in [0.4, 0.5) is 0 Å². The van der Waals surface area contributed by atoms with Gasteiger partial charge in [-0.2, -0.15) is 0 Å². The van der Waals surface area contributed by atoms with Crippen LogP contribution in [0.3, 0.4) is 0 Å². The predicted octanol–water partition coefficient (Wildman–Crippen LogP) is 14.6. The van der Waals surface area contributed by atoms with E-state index in [4.69, 9.17) is 19.9 Å². The van der Waals surface area contributed by atoms with Gasteiger partial charge in [0.1, 0.15) is 0 Å².